The van der Waals surface area contributed by atoms with Crippen LogP contribution in [0.1, 0.15) is 26.2 Å². The van der Waals surface area contributed by atoms with Crippen molar-refractivity contribution in [3.63, 3.8) is 0 Å². The Hall–Kier alpha value is -3.06. The van der Waals surface area contributed by atoms with E-state index in [0.717, 1.165) is 18.9 Å². The quantitative estimate of drug-likeness (QED) is 0.381. The monoisotopic (exact) mass is 439 g/mol. The minimum Gasteiger partial charge on any atom is -0.493 e. The fourth-order valence-corrected chi connectivity index (χ4v) is 4.17. The third-order valence-electron chi connectivity index (χ3n) is 5.78. The van der Waals surface area contributed by atoms with Crippen LogP contribution in [-0.4, -0.2) is 43.2 Å². The molecule has 1 fully saturated rings. The van der Waals surface area contributed by atoms with Gasteiger partial charge in [-0.2, -0.15) is 0 Å². The zero-order chi connectivity index (χ0) is 22.5. The molecule has 0 aliphatic carbocycles. The number of nitrogen functional groups attached to an aromatic ring is 1. The molecule has 1 saturated heterocycles. The molecule has 2 N–H and O–H groups in total. The second-order valence-electron chi connectivity index (χ2n) is 8.37. The molecule has 3 aromatic rings. The van der Waals surface area contributed by atoms with Gasteiger partial charge in [-0.3, -0.25) is 4.98 Å². The van der Waals surface area contributed by atoms with Gasteiger partial charge in [0.1, 0.15) is 5.75 Å². The van der Waals surface area contributed by atoms with Gasteiger partial charge in [-0.25, -0.2) is 4.39 Å². The lowest BCUT2D eigenvalue weighted by atomic mass is 10.0. The van der Waals surface area contributed by atoms with E-state index in [1.54, 1.807) is 25.4 Å². The van der Waals surface area contributed by atoms with Crippen LogP contribution >= 0.6 is 0 Å². The predicted octanol–water partition coefficient (Wildman–Crippen LogP) is 5.26. The lowest BCUT2D eigenvalue weighted by Crippen LogP contribution is -2.35. The minimum atomic E-state index is -0.523. The third-order valence-corrected chi connectivity index (χ3v) is 5.78. The number of pyridine rings is 1. The molecule has 2 aromatic carbocycles. The first-order valence-corrected chi connectivity index (χ1v) is 11.1. The van der Waals surface area contributed by atoms with Crippen molar-refractivity contribution in [2.45, 2.75) is 26.2 Å². The number of methoxy groups -OCH3 is 1. The highest BCUT2D eigenvalue weighted by molar-refractivity contribution is 5.88. The first kappa shape index (κ1) is 22.1. The van der Waals surface area contributed by atoms with Crippen LogP contribution in [0.4, 0.5) is 10.1 Å². The van der Waals surface area contributed by atoms with E-state index in [0.29, 0.717) is 40.4 Å². The number of ether oxygens (including phenoxy) is 3. The molecule has 32 heavy (non-hydrogen) atoms. The van der Waals surface area contributed by atoms with Crippen LogP contribution in [0.15, 0.2) is 42.6 Å². The molecular weight excluding hydrogens is 409 g/mol. The lowest BCUT2D eigenvalue weighted by Gasteiger charge is -2.30. The third kappa shape index (κ3) is 5.22. The van der Waals surface area contributed by atoms with Crippen LogP contribution in [0.2, 0.25) is 0 Å². The average molecular weight is 440 g/mol. The molecule has 7 heteroatoms. The van der Waals surface area contributed by atoms with E-state index in [1.165, 1.54) is 38.1 Å². The van der Waals surface area contributed by atoms with E-state index in [9.17, 15) is 4.39 Å². The van der Waals surface area contributed by atoms with E-state index in [4.69, 9.17) is 19.9 Å². The Morgan fingerprint density at radius 2 is 2.00 bits per heavy atom. The number of anilines is 1. The molecule has 0 radical (unpaired) electrons. The number of nitrogens with two attached hydrogens (primary N) is 1. The standard InChI is InChI=1S/C25H30FN3O3/c1-17-5-3-10-29(16-17)11-4-12-31-25-15-21-19(14-24(25)30-2)22(8-9-28-21)32-23-7-6-18(27)13-20(23)26/h6-9,13-15,17H,3-5,10-12,16,27H2,1-2H3. The summed E-state index contributed by atoms with van der Waals surface area (Å²) in [4.78, 5) is 6.94. The highest BCUT2D eigenvalue weighted by Crippen LogP contribution is 2.37. The summed E-state index contributed by atoms with van der Waals surface area (Å²) in [6.45, 7) is 6.28. The zero-order valence-corrected chi connectivity index (χ0v) is 18.6. The molecule has 1 aliphatic rings. The smallest absolute Gasteiger partial charge is 0.167 e. The fraction of sp³-hybridized carbons (Fsp3) is 0.400. The Bertz CT molecular complexity index is 1080. The summed E-state index contributed by atoms with van der Waals surface area (Å²) >= 11 is 0. The normalized spacial score (nSPS) is 16.8. The van der Waals surface area contributed by atoms with E-state index < -0.39 is 5.82 Å². The second kappa shape index (κ2) is 10.0. The number of piperidine rings is 1. The molecule has 2 heterocycles. The topological polar surface area (TPSA) is 69.8 Å². The summed E-state index contributed by atoms with van der Waals surface area (Å²) < 4.78 is 31.6. The van der Waals surface area contributed by atoms with Gasteiger partial charge in [0.15, 0.2) is 23.1 Å². The molecule has 1 aromatic heterocycles. The van der Waals surface area contributed by atoms with Gasteiger partial charge in [0.25, 0.3) is 0 Å². The number of fused-ring (bicyclic) bond motifs is 1. The SMILES string of the molecule is COc1cc2c(Oc3ccc(N)cc3F)ccnc2cc1OCCCN1CCCC(C)C1. The molecule has 1 unspecified atom stereocenters. The van der Waals surface area contributed by atoms with Gasteiger partial charge in [-0.15, -0.1) is 0 Å². The maximum absolute atomic E-state index is 14.2. The largest absolute Gasteiger partial charge is 0.493 e. The molecule has 1 atom stereocenters. The molecule has 6 nitrogen and oxygen atoms in total. The fourth-order valence-electron chi connectivity index (χ4n) is 4.17. The molecule has 0 amide bonds. The Balaban J connectivity index is 1.47. The van der Waals surface area contributed by atoms with Gasteiger partial charge in [0.05, 0.1) is 19.2 Å². The highest BCUT2D eigenvalue weighted by Gasteiger charge is 2.16. The maximum Gasteiger partial charge on any atom is 0.167 e. The van der Waals surface area contributed by atoms with Crippen LogP contribution in [0, 0.1) is 11.7 Å². The number of halogens is 1. The van der Waals surface area contributed by atoms with Crippen molar-refractivity contribution in [1.29, 1.82) is 0 Å². The van der Waals surface area contributed by atoms with E-state index in [1.807, 2.05) is 12.1 Å². The van der Waals surface area contributed by atoms with Crippen LogP contribution < -0.4 is 19.9 Å². The lowest BCUT2D eigenvalue weighted by molar-refractivity contribution is 0.169. The van der Waals surface area contributed by atoms with Crippen molar-refractivity contribution in [2.24, 2.45) is 5.92 Å². The van der Waals surface area contributed by atoms with Crippen molar-refractivity contribution >= 4 is 16.6 Å². The highest BCUT2D eigenvalue weighted by atomic mass is 19.1. The minimum absolute atomic E-state index is 0.0954. The van der Waals surface area contributed by atoms with Crippen molar-refractivity contribution in [1.82, 2.24) is 9.88 Å². The van der Waals surface area contributed by atoms with E-state index in [2.05, 4.69) is 16.8 Å². The van der Waals surface area contributed by atoms with Gasteiger partial charge in [-0.1, -0.05) is 6.92 Å². The molecule has 170 valence electrons. The van der Waals surface area contributed by atoms with Crippen LogP contribution in [0.5, 0.6) is 23.0 Å². The van der Waals surface area contributed by atoms with Gasteiger partial charge in [0.2, 0.25) is 0 Å². The van der Waals surface area contributed by atoms with Crippen molar-refractivity contribution < 1.29 is 18.6 Å². The number of hydrogen-bond donors (Lipinski definition) is 1. The van der Waals surface area contributed by atoms with Gasteiger partial charge in [-0.05, 0) is 56.0 Å². The molecule has 0 bridgehead atoms. The Kier molecular flexibility index (Phi) is 6.95. The van der Waals surface area contributed by atoms with Gasteiger partial charge in [0, 0.05) is 42.5 Å². The summed E-state index contributed by atoms with van der Waals surface area (Å²) in [5.41, 5.74) is 6.65. The van der Waals surface area contributed by atoms with E-state index >= 15 is 0 Å². The Morgan fingerprint density at radius 3 is 2.78 bits per heavy atom. The summed E-state index contributed by atoms with van der Waals surface area (Å²) in [5, 5.41) is 0.704. The van der Waals surface area contributed by atoms with Crippen molar-refractivity contribution in [3.05, 3.63) is 48.4 Å². The maximum atomic E-state index is 14.2. The molecular formula is C25H30FN3O3. The van der Waals surface area contributed by atoms with Crippen LogP contribution in [0.25, 0.3) is 10.9 Å². The number of likely N-dealkylation sites (tertiary alicyclic amines) is 1. The number of aromatic nitrogens is 1. The van der Waals surface area contributed by atoms with Gasteiger partial charge < -0.3 is 24.8 Å². The second-order valence-corrected chi connectivity index (χ2v) is 8.37. The number of benzene rings is 2. The molecule has 1 aliphatic heterocycles. The Labute approximate surface area is 188 Å². The Morgan fingerprint density at radius 1 is 1.12 bits per heavy atom. The summed E-state index contributed by atoms with van der Waals surface area (Å²) in [6, 6.07) is 9.68. The summed E-state index contributed by atoms with van der Waals surface area (Å²) in [5.74, 6) is 2.04. The van der Waals surface area contributed by atoms with Crippen LogP contribution in [0.3, 0.4) is 0 Å². The van der Waals surface area contributed by atoms with Crippen LogP contribution in [-0.2, 0) is 0 Å². The molecule has 0 spiro atoms. The number of hydrogen-bond acceptors (Lipinski definition) is 6. The van der Waals surface area contributed by atoms with E-state index in [-0.39, 0.29) is 5.75 Å². The predicted molar refractivity (Wildman–Crippen MR) is 124 cm³/mol. The number of rotatable bonds is 8. The zero-order valence-electron chi connectivity index (χ0n) is 18.6. The first-order valence-electron chi connectivity index (χ1n) is 11.1. The molecule has 0 saturated carbocycles. The van der Waals surface area contributed by atoms with Crippen molar-refractivity contribution in [2.75, 3.05) is 39.1 Å². The number of nitrogens with zero attached hydrogens (tertiary/aromatic N) is 2. The van der Waals surface area contributed by atoms with Crippen molar-refractivity contribution in [3.8, 4) is 23.0 Å². The summed E-state index contributed by atoms with van der Waals surface area (Å²) in [6.07, 6.45) is 5.17. The molecule has 4 rings (SSSR count). The van der Waals surface area contributed by atoms with Gasteiger partial charge >= 0.3 is 0 Å². The average Bonchev–Trinajstić information content (AvgIpc) is 2.78. The summed E-state index contributed by atoms with van der Waals surface area (Å²) in [7, 11) is 1.60. The first-order chi connectivity index (χ1) is 15.5.